The van der Waals surface area contributed by atoms with Crippen LogP contribution < -0.4 is 5.32 Å². The third kappa shape index (κ3) is 6.01. The topological polar surface area (TPSA) is 66.5 Å². The highest BCUT2D eigenvalue weighted by Gasteiger charge is 2.33. The Morgan fingerprint density at radius 2 is 1.81 bits per heavy atom. The molecule has 0 radical (unpaired) electrons. The molecule has 1 amide bonds. The first-order valence-corrected chi connectivity index (χ1v) is 11.2. The van der Waals surface area contributed by atoms with Crippen molar-refractivity contribution in [3.8, 4) is 0 Å². The summed E-state index contributed by atoms with van der Waals surface area (Å²) >= 11 is 0. The zero-order valence-corrected chi connectivity index (χ0v) is 17.3. The van der Waals surface area contributed by atoms with Crippen LogP contribution in [0.3, 0.4) is 0 Å². The molecule has 1 N–H and O–H groups in total. The van der Waals surface area contributed by atoms with E-state index >= 15 is 0 Å². The Morgan fingerprint density at radius 3 is 2.41 bits per heavy atom. The maximum absolute atomic E-state index is 13.9. The van der Waals surface area contributed by atoms with E-state index in [9.17, 15) is 17.6 Å². The van der Waals surface area contributed by atoms with Crippen molar-refractivity contribution < 1.29 is 17.6 Å². The molecule has 0 unspecified atom stereocenters. The molecule has 0 aromatic heterocycles. The van der Waals surface area contributed by atoms with Crippen molar-refractivity contribution >= 4 is 15.9 Å². The molecule has 7 heteroatoms. The van der Waals surface area contributed by atoms with Crippen LogP contribution in [0.1, 0.15) is 52.9 Å². The van der Waals surface area contributed by atoms with Gasteiger partial charge in [0.25, 0.3) is 0 Å². The second-order valence-corrected chi connectivity index (χ2v) is 9.75. The lowest BCUT2D eigenvalue weighted by molar-refractivity contribution is -0.126. The Balaban J connectivity index is 1.86. The van der Waals surface area contributed by atoms with Gasteiger partial charge in [-0.05, 0) is 44.2 Å². The first-order chi connectivity index (χ1) is 12.7. The third-order valence-electron chi connectivity index (χ3n) is 5.09. The van der Waals surface area contributed by atoms with Gasteiger partial charge >= 0.3 is 0 Å². The van der Waals surface area contributed by atoms with Crippen molar-refractivity contribution in [3.05, 3.63) is 30.1 Å². The molecule has 0 bridgehead atoms. The minimum atomic E-state index is -3.86. The molecule has 152 valence electrons. The highest BCUT2D eigenvalue weighted by Crippen LogP contribution is 2.25. The minimum Gasteiger partial charge on any atom is -0.353 e. The van der Waals surface area contributed by atoms with E-state index in [4.69, 9.17) is 0 Å². The Morgan fingerprint density at radius 1 is 1.19 bits per heavy atom. The van der Waals surface area contributed by atoms with Gasteiger partial charge in [0.2, 0.25) is 15.9 Å². The number of piperidine rings is 1. The molecular formula is C20H31FN2O3S. The maximum atomic E-state index is 13.9. The highest BCUT2D eigenvalue weighted by molar-refractivity contribution is 7.89. The zero-order valence-electron chi connectivity index (χ0n) is 16.4. The molecule has 1 atom stereocenters. The normalized spacial score (nSPS) is 17.8. The van der Waals surface area contributed by atoms with Gasteiger partial charge in [-0.1, -0.05) is 38.8 Å². The Bertz CT molecular complexity index is 728. The minimum absolute atomic E-state index is 0.00464. The molecule has 27 heavy (non-hydrogen) atoms. The molecule has 1 aliphatic heterocycles. The van der Waals surface area contributed by atoms with Crippen LogP contribution in [0.15, 0.2) is 29.2 Å². The van der Waals surface area contributed by atoms with Gasteiger partial charge in [-0.25, -0.2) is 12.8 Å². The van der Waals surface area contributed by atoms with Crippen LogP contribution in [-0.2, 0) is 14.8 Å². The number of sulfonamides is 1. The Hall–Kier alpha value is -1.47. The fourth-order valence-electron chi connectivity index (χ4n) is 3.42. The van der Waals surface area contributed by atoms with E-state index < -0.39 is 15.8 Å². The summed E-state index contributed by atoms with van der Waals surface area (Å²) < 4.78 is 40.4. The summed E-state index contributed by atoms with van der Waals surface area (Å²) in [5.41, 5.74) is 0. The lowest BCUT2D eigenvalue weighted by Crippen LogP contribution is -2.44. The summed E-state index contributed by atoms with van der Waals surface area (Å²) in [5, 5.41) is 3.05. The lowest BCUT2D eigenvalue weighted by Gasteiger charge is -2.31. The largest absolute Gasteiger partial charge is 0.353 e. The van der Waals surface area contributed by atoms with Crippen LogP contribution in [0, 0.1) is 17.7 Å². The second kappa shape index (κ2) is 9.64. The van der Waals surface area contributed by atoms with Gasteiger partial charge < -0.3 is 5.32 Å². The SMILES string of the molecule is CC(C)CCC[C@@H](C)NC(=O)C1CCN(S(=O)(=O)c2ccccc2F)CC1. The van der Waals surface area contributed by atoms with Crippen molar-refractivity contribution in [1.29, 1.82) is 0 Å². The summed E-state index contributed by atoms with van der Waals surface area (Å²) in [7, 11) is -3.86. The number of carbonyl (C=O) groups excluding carboxylic acids is 1. The van der Waals surface area contributed by atoms with Gasteiger partial charge in [-0.15, -0.1) is 0 Å². The number of rotatable bonds is 8. The average molecular weight is 399 g/mol. The van der Waals surface area contributed by atoms with Gasteiger partial charge in [0.15, 0.2) is 0 Å². The van der Waals surface area contributed by atoms with E-state index in [-0.39, 0.29) is 35.9 Å². The predicted molar refractivity (Wildman–Crippen MR) is 104 cm³/mol. The van der Waals surface area contributed by atoms with E-state index in [2.05, 4.69) is 19.2 Å². The first-order valence-electron chi connectivity index (χ1n) is 9.77. The van der Waals surface area contributed by atoms with Crippen molar-refractivity contribution in [2.24, 2.45) is 11.8 Å². The standard InChI is InChI=1S/C20H31FN2O3S/c1-15(2)7-6-8-16(3)22-20(24)17-11-13-23(14-12-17)27(25,26)19-10-5-4-9-18(19)21/h4-5,9-10,15-17H,6-8,11-14H2,1-3H3,(H,22,24)/t16-/m1/s1. The van der Waals surface area contributed by atoms with Crippen molar-refractivity contribution in [2.45, 2.75) is 63.8 Å². The number of hydrogen-bond donors (Lipinski definition) is 1. The molecule has 1 aromatic carbocycles. The van der Waals surface area contributed by atoms with Crippen molar-refractivity contribution in [3.63, 3.8) is 0 Å². The molecule has 1 aromatic rings. The monoisotopic (exact) mass is 398 g/mol. The van der Waals surface area contributed by atoms with Crippen molar-refractivity contribution in [2.75, 3.05) is 13.1 Å². The molecule has 2 rings (SSSR count). The van der Waals surface area contributed by atoms with E-state index in [0.29, 0.717) is 18.8 Å². The number of nitrogens with one attached hydrogen (secondary N) is 1. The van der Waals surface area contributed by atoms with Crippen LogP contribution >= 0.6 is 0 Å². The van der Waals surface area contributed by atoms with E-state index in [1.165, 1.54) is 22.5 Å². The quantitative estimate of drug-likeness (QED) is 0.728. The summed E-state index contributed by atoms with van der Waals surface area (Å²) in [6, 6.07) is 5.52. The fraction of sp³-hybridized carbons (Fsp3) is 0.650. The second-order valence-electron chi connectivity index (χ2n) is 7.84. The molecule has 1 heterocycles. The summed E-state index contributed by atoms with van der Waals surface area (Å²) in [6.45, 7) is 6.85. The summed E-state index contributed by atoms with van der Waals surface area (Å²) in [6.07, 6.45) is 4.09. The van der Waals surface area contributed by atoms with Crippen LogP contribution in [0.25, 0.3) is 0 Å². The number of amides is 1. The smallest absolute Gasteiger partial charge is 0.245 e. The van der Waals surface area contributed by atoms with E-state index in [0.717, 1.165) is 25.3 Å². The molecule has 1 fully saturated rings. The molecule has 0 spiro atoms. The number of nitrogens with zero attached hydrogens (tertiary/aromatic N) is 1. The maximum Gasteiger partial charge on any atom is 0.245 e. The van der Waals surface area contributed by atoms with Crippen LogP contribution in [-0.4, -0.2) is 37.8 Å². The van der Waals surface area contributed by atoms with Crippen LogP contribution in [0.5, 0.6) is 0 Å². The molecule has 1 aliphatic rings. The molecular weight excluding hydrogens is 367 g/mol. The molecule has 5 nitrogen and oxygen atoms in total. The van der Waals surface area contributed by atoms with Gasteiger partial charge in [-0.3, -0.25) is 4.79 Å². The van der Waals surface area contributed by atoms with Crippen molar-refractivity contribution in [1.82, 2.24) is 9.62 Å². The average Bonchev–Trinajstić information content (AvgIpc) is 2.61. The van der Waals surface area contributed by atoms with Gasteiger partial charge in [0.05, 0.1) is 0 Å². The summed E-state index contributed by atoms with van der Waals surface area (Å²) in [5.74, 6) is -0.277. The molecule has 1 saturated heterocycles. The van der Waals surface area contributed by atoms with Crippen LogP contribution in [0.4, 0.5) is 4.39 Å². The zero-order chi connectivity index (χ0) is 20.0. The fourth-order valence-corrected chi connectivity index (χ4v) is 4.95. The van der Waals surface area contributed by atoms with E-state index in [1.807, 2.05) is 6.92 Å². The van der Waals surface area contributed by atoms with Gasteiger partial charge in [0, 0.05) is 25.0 Å². The Labute approximate surface area is 162 Å². The van der Waals surface area contributed by atoms with E-state index in [1.54, 1.807) is 0 Å². The molecule has 0 aliphatic carbocycles. The van der Waals surface area contributed by atoms with Crippen LogP contribution in [0.2, 0.25) is 0 Å². The third-order valence-corrected chi connectivity index (χ3v) is 7.02. The highest BCUT2D eigenvalue weighted by atomic mass is 32.2. The number of hydrogen-bond acceptors (Lipinski definition) is 3. The number of benzene rings is 1. The number of carbonyl (C=O) groups is 1. The Kier molecular flexibility index (Phi) is 7.79. The predicted octanol–water partition coefficient (Wildman–Crippen LogP) is 3.56. The lowest BCUT2D eigenvalue weighted by atomic mass is 9.96. The van der Waals surface area contributed by atoms with Gasteiger partial charge in [0.1, 0.15) is 10.7 Å². The number of halogens is 1. The first kappa shape index (κ1) is 21.8. The summed E-state index contributed by atoms with van der Waals surface area (Å²) in [4.78, 5) is 12.1. The van der Waals surface area contributed by atoms with Gasteiger partial charge in [-0.2, -0.15) is 4.31 Å². The molecule has 0 saturated carbocycles.